The molecular formula is C41H52BrN3O7. The van der Waals surface area contributed by atoms with Crippen molar-refractivity contribution >= 4 is 39.6 Å². The summed E-state index contributed by atoms with van der Waals surface area (Å²) < 4.78 is 13.1. The lowest BCUT2D eigenvalue weighted by Gasteiger charge is -2.41. The summed E-state index contributed by atoms with van der Waals surface area (Å²) in [5.74, 6) is -3.63. The molecule has 3 aliphatic heterocycles. The Hall–Kier alpha value is -3.80. The van der Waals surface area contributed by atoms with E-state index < -0.39 is 66.3 Å². The number of fused-ring (bicyclic) bond motifs is 1. The molecular weight excluding hydrogens is 726 g/mol. The van der Waals surface area contributed by atoms with Gasteiger partial charge in [0.15, 0.2) is 0 Å². The number of ether oxygens (including phenoxy) is 2. The Balaban J connectivity index is 1.54. The molecule has 0 aliphatic carbocycles. The topological polar surface area (TPSA) is 125 Å². The molecule has 0 aromatic heterocycles. The van der Waals surface area contributed by atoms with E-state index in [4.69, 9.17) is 9.47 Å². The van der Waals surface area contributed by atoms with E-state index in [9.17, 15) is 24.3 Å². The van der Waals surface area contributed by atoms with Gasteiger partial charge in [0.25, 0.3) is 0 Å². The summed E-state index contributed by atoms with van der Waals surface area (Å²) in [5.41, 5.74) is 0.229. The lowest BCUT2D eigenvalue weighted by atomic mass is 9.70. The Morgan fingerprint density at radius 1 is 1.12 bits per heavy atom. The van der Waals surface area contributed by atoms with Gasteiger partial charge in [0.2, 0.25) is 17.7 Å². The van der Waals surface area contributed by atoms with Crippen molar-refractivity contribution < 1.29 is 33.8 Å². The second-order valence-corrected chi connectivity index (χ2v) is 15.5. The monoisotopic (exact) mass is 777 g/mol. The highest BCUT2D eigenvalue weighted by Crippen LogP contribution is 2.61. The number of halogens is 1. The first-order valence-electron chi connectivity index (χ1n) is 18.4. The minimum absolute atomic E-state index is 0.154. The van der Waals surface area contributed by atoms with Crippen molar-refractivity contribution in [2.75, 3.05) is 13.2 Å². The SMILES string of the molecule is C=CCCC(=O)N[C@@H](C)[C@H](OC(=O)[C@H]1[C@@H]2O[C@@]3(CC2Br)[C@@H]1C(=O)N([C@@H](CO)Cc1ccccc1)[C@@H]3C(=O)N(CC=C)C(C)CCC)c1ccccc1. The molecule has 11 heteroatoms. The van der Waals surface area contributed by atoms with Crippen molar-refractivity contribution in [2.24, 2.45) is 11.8 Å². The van der Waals surface area contributed by atoms with E-state index in [0.717, 1.165) is 18.4 Å². The van der Waals surface area contributed by atoms with Crippen molar-refractivity contribution in [1.29, 1.82) is 0 Å². The number of aliphatic hydroxyl groups excluding tert-OH is 1. The predicted octanol–water partition coefficient (Wildman–Crippen LogP) is 5.30. The van der Waals surface area contributed by atoms with Gasteiger partial charge < -0.3 is 29.7 Å². The Labute approximate surface area is 315 Å². The number of hydrogen-bond acceptors (Lipinski definition) is 7. The third kappa shape index (κ3) is 7.77. The molecule has 5 rings (SSSR count). The standard InChI is InChI=1S/C41H52BrN3O7/c1-6-9-21-32(47)43-27(5)35(29-19-14-11-15-20-29)51-40(50)33-34-38(48)45(30(25-46)23-28-17-12-10-13-18-28)37(41(34)24-31(42)36(33)52-41)39(49)44(22-8-3)26(4)16-7-2/h6,8,10-15,17-20,26-27,30-31,33-37,46H,1,3,7,9,16,21-25H2,2,4-5H3,(H,43,47)/t26?,27-,30+,31?,33+,34-,35-,36+,37+,41-/m0/s1. The largest absolute Gasteiger partial charge is 0.455 e. The fraction of sp³-hybridized carbons (Fsp3) is 0.512. The van der Waals surface area contributed by atoms with Crippen LogP contribution in [0.5, 0.6) is 0 Å². The van der Waals surface area contributed by atoms with E-state index in [1.807, 2.05) is 67.6 Å². The van der Waals surface area contributed by atoms with Gasteiger partial charge in [-0.1, -0.05) is 102 Å². The maximum atomic E-state index is 15.0. The number of aliphatic hydroxyl groups is 1. The van der Waals surface area contributed by atoms with Crippen LogP contribution < -0.4 is 5.32 Å². The van der Waals surface area contributed by atoms with Crippen LogP contribution in [-0.2, 0) is 35.1 Å². The number of hydrogen-bond donors (Lipinski definition) is 2. The van der Waals surface area contributed by atoms with Gasteiger partial charge in [0.05, 0.1) is 36.6 Å². The van der Waals surface area contributed by atoms with E-state index in [1.165, 1.54) is 4.90 Å². The Morgan fingerprint density at radius 3 is 2.40 bits per heavy atom. The molecule has 10 atom stereocenters. The number of alkyl halides is 1. The molecule has 3 heterocycles. The second kappa shape index (κ2) is 17.4. The average Bonchev–Trinajstić information content (AvgIpc) is 3.74. The number of esters is 1. The number of amides is 3. The van der Waals surface area contributed by atoms with Crippen LogP contribution in [0, 0.1) is 11.8 Å². The molecule has 52 heavy (non-hydrogen) atoms. The van der Waals surface area contributed by atoms with Gasteiger partial charge in [-0.2, -0.15) is 0 Å². The first kappa shape index (κ1) is 39.4. The molecule has 3 amide bonds. The van der Waals surface area contributed by atoms with Crippen molar-refractivity contribution in [3.8, 4) is 0 Å². The van der Waals surface area contributed by atoms with Gasteiger partial charge >= 0.3 is 5.97 Å². The molecule has 3 fully saturated rings. The normalized spacial score (nSPS) is 26.9. The lowest BCUT2D eigenvalue weighted by Crippen LogP contribution is -2.60. The number of likely N-dealkylation sites (tertiary alicyclic amines) is 1. The second-order valence-electron chi connectivity index (χ2n) is 14.3. The van der Waals surface area contributed by atoms with Crippen molar-refractivity contribution in [3.05, 3.63) is 97.1 Å². The van der Waals surface area contributed by atoms with Crippen molar-refractivity contribution in [2.45, 2.75) is 106 Å². The number of nitrogens with one attached hydrogen (secondary N) is 1. The van der Waals surface area contributed by atoms with Gasteiger partial charge in [-0.15, -0.1) is 13.2 Å². The molecule has 2 unspecified atom stereocenters. The number of nitrogens with zero attached hydrogens (tertiary/aromatic N) is 2. The summed E-state index contributed by atoms with van der Waals surface area (Å²) in [6.45, 7) is 13.3. The zero-order valence-corrected chi connectivity index (χ0v) is 32.0. The van der Waals surface area contributed by atoms with Crippen LogP contribution >= 0.6 is 15.9 Å². The van der Waals surface area contributed by atoms with Crippen LogP contribution in [0.4, 0.5) is 0 Å². The maximum Gasteiger partial charge on any atom is 0.313 e. The highest BCUT2D eigenvalue weighted by molar-refractivity contribution is 9.09. The molecule has 0 saturated carbocycles. The van der Waals surface area contributed by atoms with E-state index in [1.54, 1.807) is 24.0 Å². The molecule has 3 aliphatic rings. The molecule has 10 nitrogen and oxygen atoms in total. The summed E-state index contributed by atoms with van der Waals surface area (Å²) in [6.07, 6.45) is 4.70. The first-order valence-corrected chi connectivity index (χ1v) is 19.3. The molecule has 2 N–H and O–H groups in total. The Morgan fingerprint density at radius 2 is 1.79 bits per heavy atom. The number of allylic oxidation sites excluding steroid dienone is 1. The zero-order chi connectivity index (χ0) is 37.6. The fourth-order valence-electron chi connectivity index (χ4n) is 8.44. The zero-order valence-electron chi connectivity index (χ0n) is 30.4. The Bertz CT molecular complexity index is 1590. The molecule has 0 radical (unpaired) electrons. The van der Waals surface area contributed by atoms with Gasteiger partial charge in [-0.05, 0) is 50.7 Å². The van der Waals surface area contributed by atoms with E-state index in [-0.39, 0.29) is 35.6 Å². The smallest absolute Gasteiger partial charge is 0.313 e. The molecule has 1 spiro atoms. The first-order chi connectivity index (χ1) is 25.0. The number of benzene rings is 2. The number of carbonyl (C=O) groups excluding carboxylic acids is 4. The molecule has 2 aromatic rings. The number of carbonyl (C=O) groups is 4. The van der Waals surface area contributed by atoms with Crippen LogP contribution in [-0.4, -0.2) is 92.4 Å². The summed E-state index contributed by atoms with van der Waals surface area (Å²) in [5, 5.41) is 13.8. The van der Waals surface area contributed by atoms with Crippen LogP contribution in [0.3, 0.4) is 0 Å². The molecule has 2 aromatic carbocycles. The molecule has 3 saturated heterocycles. The van der Waals surface area contributed by atoms with Crippen molar-refractivity contribution in [3.63, 3.8) is 0 Å². The number of rotatable bonds is 18. The van der Waals surface area contributed by atoms with Gasteiger partial charge in [-0.3, -0.25) is 19.2 Å². The summed E-state index contributed by atoms with van der Waals surface area (Å²) in [6, 6.07) is 16.1. The van der Waals surface area contributed by atoms with Crippen LogP contribution in [0.15, 0.2) is 86.0 Å². The fourth-order valence-corrected chi connectivity index (χ4v) is 9.39. The summed E-state index contributed by atoms with van der Waals surface area (Å²) in [7, 11) is 0. The van der Waals surface area contributed by atoms with Gasteiger partial charge in [-0.25, -0.2) is 0 Å². The minimum Gasteiger partial charge on any atom is -0.455 e. The summed E-state index contributed by atoms with van der Waals surface area (Å²) in [4.78, 5) is 60.1. The lowest BCUT2D eigenvalue weighted by molar-refractivity contribution is -0.162. The molecule has 280 valence electrons. The highest BCUT2D eigenvalue weighted by atomic mass is 79.9. The van der Waals surface area contributed by atoms with E-state index in [2.05, 4.69) is 41.3 Å². The minimum atomic E-state index is -1.35. The van der Waals surface area contributed by atoms with Crippen molar-refractivity contribution in [1.82, 2.24) is 15.1 Å². The van der Waals surface area contributed by atoms with Crippen LogP contribution in [0.25, 0.3) is 0 Å². The third-order valence-electron chi connectivity index (χ3n) is 10.8. The van der Waals surface area contributed by atoms with Crippen LogP contribution in [0.1, 0.15) is 70.1 Å². The van der Waals surface area contributed by atoms with E-state index >= 15 is 0 Å². The maximum absolute atomic E-state index is 15.0. The van der Waals surface area contributed by atoms with Crippen LogP contribution in [0.2, 0.25) is 0 Å². The predicted molar refractivity (Wildman–Crippen MR) is 202 cm³/mol. The average molecular weight is 779 g/mol. The third-order valence-corrected chi connectivity index (χ3v) is 11.6. The molecule has 2 bridgehead atoms. The van der Waals surface area contributed by atoms with Gasteiger partial charge in [0, 0.05) is 23.8 Å². The quantitative estimate of drug-likeness (QED) is 0.120. The highest BCUT2D eigenvalue weighted by Gasteiger charge is 2.77. The van der Waals surface area contributed by atoms with E-state index in [0.29, 0.717) is 24.8 Å². The summed E-state index contributed by atoms with van der Waals surface area (Å²) >= 11 is 3.76. The Kier molecular flexibility index (Phi) is 13.1. The van der Waals surface area contributed by atoms with Gasteiger partial charge in [0.1, 0.15) is 17.7 Å².